The fraction of sp³-hybridized carbons (Fsp3) is 0.533. The average Bonchev–Trinajstić information content (AvgIpc) is 3.11. The van der Waals surface area contributed by atoms with E-state index in [1.165, 1.54) is 24.0 Å². The summed E-state index contributed by atoms with van der Waals surface area (Å²) in [6.45, 7) is 0.659. The van der Waals surface area contributed by atoms with Crippen LogP contribution in [0.5, 0.6) is 0 Å². The van der Waals surface area contributed by atoms with Crippen molar-refractivity contribution >= 4 is 17.6 Å². The number of nitrogens with zero attached hydrogens (tertiary/aromatic N) is 1. The third-order valence-electron chi connectivity index (χ3n) is 4.15. The van der Waals surface area contributed by atoms with Gasteiger partial charge in [0.05, 0.1) is 6.42 Å². The number of carbonyl (C=O) groups is 1. The van der Waals surface area contributed by atoms with Gasteiger partial charge in [0.25, 0.3) is 0 Å². The molecule has 2 aliphatic carbocycles. The fourth-order valence-corrected chi connectivity index (χ4v) is 3.33. The van der Waals surface area contributed by atoms with Crippen molar-refractivity contribution in [2.24, 2.45) is 0 Å². The number of aryl methyl sites for hydroxylation is 1. The highest BCUT2D eigenvalue weighted by molar-refractivity contribution is 6.30. The van der Waals surface area contributed by atoms with Gasteiger partial charge in [-0.1, -0.05) is 17.7 Å². The van der Waals surface area contributed by atoms with Crippen molar-refractivity contribution < 1.29 is 9.90 Å². The van der Waals surface area contributed by atoms with E-state index in [1.54, 1.807) is 0 Å². The first-order valence-electron chi connectivity index (χ1n) is 6.91. The third-order valence-corrected chi connectivity index (χ3v) is 4.39. The van der Waals surface area contributed by atoms with Gasteiger partial charge < -0.3 is 5.11 Å². The topological polar surface area (TPSA) is 40.5 Å². The molecule has 0 saturated heterocycles. The van der Waals surface area contributed by atoms with Crippen molar-refractivity contribution in [2.75, 3.05) is 6.54 Å². The molecule has 3 rings (SSSR count). The van der Waals surface area contributed by atoms with Crippen molar-refractivity contribution in [1.29, 1.82) is 0 Å². The van der Waals surface area contributed by atoms with Gasteiger partial charge in [-0.05, 0) is 48.9 Å². The number of benzene rings is 1. The van der Waals surface area contributed by atoms with Crippen molar-refractivity contribution in [3.05, 3.63) is 34.3 Å². The Kier molecular flexibility index (Phi) is 3.50. The molecule has 102 valence electrons. The van der Waals surface area contributed by atoms with Gasteiger partial charge in [0.15, 0.2) is 0 Å². The lowest BCUT2D eigenvalue weighted by Crippen LogP contribution is -2.31. The van der Waals surface area contributed by atoms with Crippen LogP contribution in [0.1, 0.15) is 42.9 Å². The maximum absolute atomic E-state index is 10.8. The third kappa shape index (κ3) is 2.77. The average molecular weight is 280 g/mol. The van der Waals surface area contributed by atoms with Crippen LogP contribution in [0.4, 0.5) is 0 Å². The molecular formula is C15H18ClNO2. The Bertz CT molecular complexity index is 499. The summed E-state index contributed by atoms with van der Waals surface area (Å²) in [4.78, 5) is 13.2. The molecule has 0 amide bonds. The summed E-state index contributed by atoms with van der Waals surface area (Å²) in [5.41, 5.74) is 2.68. The van der Waals surface area contributed by atoms with Crippen LogP contribution in [0.3, 0.4) is 0 Å². The Labute approximate surface area is 118 Å². The largest absolute Gasteiger partial charge is 0.481 e. The van der Waals surface area contributed by atoms with Gasteiger partial charge in [-0.25, -0.2) is 0 Å². The highest BCUT2D eigenvalue weighted by atomic mass is 35.5. The molecule has 1 saturated carbocycles. The number of aliphatic carboxylic acids is 1. The highest BCUT2D eigenvalue weighted by Gasteiger charge is 2.37. The Morgan fingerprint density at radius 3 is 2.84 bits per heavy atom. The van der Waals surface area contributed by atoms with Crippen molar-refractivity contribution in [3.8, 4) is 0 Å². The van der Waals surface area contributed by atoms with Gasteiger partial charge in [0, 0.05) is 23.7 Å². The van der Waals surface area contributed by atoms with Gasteiger partial charge in [-0.15, -0.1) is 0 Å². The molecule has 0 bridgehead atoms. The van der Waals surface area contributed by atoms with Crippen molar-refractivity contribution in [2.45, 2.75) is 44.2 Å². The number of carboxylic acid groups (broad SMARTS) is 1. The number of rotatable bonds is 5. The summed E-state index contributed by atoms with van der Waals surface area (Å²) in [6.07, 6.45) is 4.79. The first-order chi connectivity index (χ1) is 9.15. The molecular weight excluding hydrogens is 262 g/mol. The van der Waals surface area contributed by atoms with E-state index in [0.717, 1.165) is 17.9 Å². The van der Waals surface area contributed by atoms with Crippen LogP contribution in [0.25, 0.3) is 0 Å². The minimum atomic E-state index is -0.708. The van der Waals surface area contributed by atoms with E-state index in [-0.39, 0.29) is 6.42 Å². The zero-order chi connectivity index (χ0) is 13.4. The van der Waals surface area contributed by atoms with E-state index >= 15 is 0 Å². The number of fused-ring (bicyclic) bond motifs is 1. The quantitative estimate of drug-likeness (QED) is 0.899. The molecule has 0 spiro atoms. The Balaban J connectivity index is 1.79. The van der Waals surface area contributed by atoms with Gasteiger partial charge in [-0.2, -0.15) is 0 Å². The van der Waals surface area contributed by atoms with Crippen LogP contribution >= 0.6 is 11.6 Å². The maximum atomic E-state index is 10.8. The number of halogens is 1. The second-order valence-corrected chi connectivity index (χ2v) is 5.95. The molecule has 0 radical (unpaired) electrons. The molecule has 1 aromatic carbocycles. The van der Waals surface area contributed by atoms with Crippen molar-refractivity contribution in [1.82, 2.24) is 4.90 Å². The number of hydrogen-bond acceptors (Lipinski definition) is 2. The summed E-state index contributed by atoms with van der Waals surface area (Å²) in [6, 6.07) is 7.09. The molecule has 1 aromatic rings. The molecule has 0 aliphatic heterocycles. The lowest BCUT2D eigenvalue weighted by atomic mass is 10.1. The molecule has 0 aromatic heterocycles. The zero-order valence-electron chi connectivity index (χ0n) is 10.8. The van der Waals surface area contributed by atoms with Gasteiger partial charge >= 0.3 is 5.97 Å². The van der Waals surface area contributed by atoms with E-state index in [2.05, 4.69) is 17.0 Å². The predicted molar refractivity (Wildman–Crippen MR) is 74.5 cm³/mol. The van der Waals surface area contributed by atoms with E-state index in [1.807, 2.05) is 6.07 Å². The SMILES string of the molecule is O=C(O)CCN(C1CC1)C1CCc2cc(Cl)ccc21. The smallest absolute Gasteiger partial charge is 0.304 e. The minimum Gasteiger partial charge on any atom is -0.481 e. The maximum Gasteiger partial charge on any atom is 0.304 e. The normalized spacial score (nSPS) is 21.7. The van der Waals surface area contributed by atoms with Gasteiger partial charge in [0.1, 0.15) is 0 Å². The summed E-state index contributed by atoms with van der Waals surface area (Å²) in [7, 11) is 0. The molecule has 19 heavy (non-hydrogen) atoms. The van der Waals surface area contributed by atoms with E-state index < -0.39 is 5.97 Å². The van der Waals surface area contributed by atoms with Crippen LogP contribution in [0.15, 0.2) is 18.2 Å². The minimum absolute atomic E-state index is 0.232. The lowest BCUT2D eigenvalue weighted by molar-refractivity contribution is -0.137. The first-order valence-corrected chi connectivity index (χ1v) is 7.29. The van der Waals surface area contributed by atoms with Crippen LogP contribution in [0, 0.1) is 0 Å². The second kappa shape index (κ2) is 5.14. The summed E-state index contributed by atoms with van der Waals surface area (Å²) in [5.74, 6) is -0.708. The molecule has 1 fully saturated rings. The van der Waals surface area contributed by atoms with Gasteiger partial charge in [0.2, 0.25) is 0 Å². The molecule has 2 aliphatic rings. The van der Waals surface area contributed by atoms with Crippen LogP contribution in [0.2, 0.25) is 5.02 Å². The fourth-order valence-electron chi connectivity index (χ4n) is 3.13. The monoisotopic (exact) mass is 279 g/mol. The summed E-state index contributed by atoms with van der Waals surface area (Å²) in [5, 5.41) is 9.69. The molecule has 0 heterocycles. The molecule has 3 nitrogen and oxygen atoms in total. The van der Waals surface area contributed by atoms with Gasteiger partial charge in [-0.3, -0.25) is 9.69 Å². The lowest BCUT2D eigenvalue weighted by Gasteiger charge is -2.29. The number of carboxylic acids is 1. The van der Waals surface area contributed by atoms with Crippen LogP contribution in [-0.4, -0.2) is 28.6 Å². The Morgan fingerprint density at radius 1 is 1.37 bits per heavy atom. The van der Waals surface area contributed by atoms with E-state index in [0.29, 0.717) is 18.6 Å². The molecule has 4 heteroatoms. The van der Waals surface area contributed by atoms with E-state index in [9.17, 15) is 4.79 Å². The second-order valence-electron chi connectivity index (χ2n) is 5.51. The first kappa shape index (κ1) is 12.9. The summed E-state index contributed by atoms with van der Waals surface area (Å²) < 4.78 is 0. The number of hydrogen-bond donors (Lipinski definition) is 1. The van der Waals surface area contributed by atoms with Crippen molar-refractivity contribution in [3.63, 3.8) is 0 Å². The predicted octanol–water partition coefficient (Wildman–Crippen LogP) is 3.27. The molecule has 1 atom stereocenters. The van der Waals surface area contributed by atoms with Crippen LogP contribution in [-0.2, 0) is 11.2 Å². The van der Waals surface area contributed by atoms with Crippen LogP contribution < -0.4 is 0 Å². The summed E-state index contributed by atoms with van der Waals surface area (Å²) >= 11 is 6.04. The Hall–Kier alpha value is -1.06. The molecule has 1 unspecified atom stereocenters. The Morgan fingerprint density at radius 2 is 2.16 bits per heavy atom. The zero-order valence-corrected chi connectivity index (χ0v) is 11.6. The molecule has 1 N–H and O–H groups in total. The standard InChI is InChI=1S/C15H18ClNO2/c16-11-2-5-13-10(9-11)1-6-14(13)17(12-3-4-12)8-7-15(18)19/h2,5,9,12,14H,1,3-4,6-8H2,(H,18,19). The highest BCUT2D eigenvalue weighted by Crippen LogP contribution is 2.42. The van der Waals surface area contributed by atoms with E-state index in [4.69, 9.17) is 16.7 Å².